The summed E-state index contributed by atoms with van der Waals surface area (Å²) in [6.07, 6.45) is 8.41. The third-order valence-electron chi connectivity index (χ3n) is 4.89. The van der Waals surface area contributed by atoms with Crippen LogP contribution in [0.25, 0.3) is 0 Å². The number of rotatable bonds is 8. The van der Waals surface area contributed by atoms with Crippen molar-refractivity contribution in [3.05, 3.63) is 0 Å². The molecule has 0 bridgehead atoms. The third-order valence-corrected chi connectivity index (χ3v) is 4.89. The van der Waals surface area contributed by atoms with Crippen molar-refractivity contribution in [3.63, 3.8) is 0 Å². The summed E-state index contributed by atoms with van der Waals surface area (Å²) in [4.78, 5) is 2.79. The lowest BCUT2D eigenvalue weighted by Gasteiger charge is -2.41. The van der Waals surface area contributed by atoms with Crippen LogP contribution in [-0.2, 0) is 4.74 Å². The predicted molar refractivity (Wildman–Crippen MR) is 80.5 cm³/mol. The Morgan fingerprint density at radius 2 is 2.11 bits per heavy atom. The number of ether oxygens (including phenoxy) is 1. The van der Waals surface area contributed by atoms with Crippen LogP contribution in [0.4, 0.5) is 0 Å². The van der Waals surface area contributed by atoms with Crippen LogP contribution in [-0.4, -0.2) is 49.8 Å². The summed E-state index contributed by atoms with van der Waals surface area (Å²) >= 11 is 0. The highest BCUT2D eigenvalue weighted by Gasteiger charge is 2.36. The SMILES string of the molecule is CCOCCCNCC(C)N1CCCC2CCCC21. The summed E-state index contributed by atoms with van der Waals surface area (Å²) in [6, 6.07) is 1.59. The number of nitrogens with zero attached hydrogens (tertiary/aromatic N) is 1. The molecule has 0 spiro atoms. The minimum absolute atomic E-state index is 0.693. The Morgan fingerprint density at radius 3 is 2.95 bits per heavy atom. The molecule has 0 radical (unpaired) electrons. The second kappa shape index (κ2) is 8.23. The zero-order valence-electron chi connectivity index (χ0n) is 12.9. The smallest absolute Gasteiger partial charge is 0.0477 e. The molecule has 3 nitrogen and oxygen atoms in total. The minimum Gasteiger partial charge on any atom is -0.382 e. The van der Waals surface area contributed by atoms with Crippen LogP contribution < -0.4 is 5.32 Å². The van der Waals surface area contributed by atoms with Gasteiger partial charge in [-0.3, -0.25) is 4.90 Å². The molecule has 1 N–H and O–H groups in total. The van der Waals surface area contributed by atoms with Gasteiger partial charge in [0.1, 0.15) is 0 Å². The van der Waals surface area contributed by atoms with Crippen molar-refractivity contribution >= 4 is 0 Å². The average Bonchev–Trinajstić information content (AvgIpc) is 2.90. The van der Waals surface area contributed by atoms with Crippen LogP contribution in [0.15, 0.2) is 0 Å². The van der Waals surface area contributed by atoms with Gasteiger partial charge in [0, 0.05) is 31.8 Å². The molecule has 1 heterocycles. The van der Waals surface area contributed by atoms with Gasteiger partial charge in [-0.25, -0.2) is 0 Å². The van der Waals surface area contributed by atoms with Crippen molar-refractivity contribution in [2.75, 3.05) is 32.8 Å². The topological polar surface area (TPSA) is 24.5 Å². The van der Waals surface area contributed by atoms with Crippen LogP contribution in [0.2, 0.25) is 0 Å². The van der Waals surface area contributed by atoms with E-state index in [9.17, 15) is 0 Å². The van der Waals surface area contributed by atoms with E-state index < -0.39 is 0 Å². The predicted octanol–water partition coefficient (Wildman–Crippen LogP) is 2.66. The fourth-order valence-corrected chi connectivity index (χ4v) is 3.91. The van der Waals surface area contributed by atoms with Crippen molar-refractivity contribution < 1.29 is 4.74 Å². The molecule has 3 heteroatoms. The first-order valence-corrected chi connectivity index (χ1v) is 8.37. The maximum absolute atomic E-state index is 5.36. The largest absolute Gasteiger partial charge is 0.382 e. The molecule has 1 aliphatic heterocycles. The molecule has 1 saturated heterocycles. The van der Waals surface area contributed by atoms with Crippen LogP contribution in [0.3, 0.4) is 0 Å². The summed E-state index contributed by atoms with van der Waals surface area (Å²) in [5.41, 5.74) is 0. The van der Waals surface area contributed by atoms with Gasteiger partial charge < -0.3 is 10.1 Å². The Labute approximate surface area is 119 Å². The fraction of sp³-hybridized carbons (Fsp3) is 1.00. The Kier molecular flexibility index (Phi) is 6.62. The highest BCUT2D eigenvalue weighted by molar-refractivity contribution is 4.91. The number of fused-ring (bicyclic) bond motifs is 1. The van der Waals surface area contributed by atoms with Gasteiger partial charge >= 0.3 is 0 Å². The number of hydrogen-bond acceptors (Lipinski definition) is 3. The molecule has 0 aromatic carbocycles. The molecule has 0 aromatic rings. The summed E-state index contributed by atoms with van der Waals surface area (Å²) in [5.74, 6) is 1.01. The maximum Gasteiger partial charge on any atom is 0.0477 e. The molecule has 0 aromatic heterocycles. The Balaban J connectivity index is 1.63. The number of piperidine rings is 1. The highest BCUT2D eigenvalue weighted by atomic mass is 16.5. The van der Waals surface area contributed by atoms with Gasteiger partial charge in [0.05, 0.1) is 0 Å². The first-order valence-electron chi connectivity index (χ1n) is 8.37. The van der Waals surface area contributed by atoms with Crippen molar-refractivity contribution in [1.82, 2.24) is 10.2 Å². The standard InChI is InChI=1S/C16H32N2O/c1-3-19-12-6-10-17-13-14(2)18-11-5-8-15-7-4-9-16(15)18/h14-17H,3-13H2,1-2H3. The summed E-state index contributed by atoms with van der Waals surface area (Å²) in [6.45, 7) is 9.74. The molecule has 1 saturated carbocycles. The maximum atomic E-state index is 5.36. The summed E-state index contributed by atoms with van der Waals surface area (Å²) in [5, 5.41) is 3.60. The lowest BCUT2D eigenvalue weighted by Crippen LogP contribution is -2.50. The lowest BCUT2D eigenvalue weighted by atomic mass is 9.91. The molecule has 2 aliphatic rings. The normalized spacial score (nSPS) is 29.4. The zero-order valence-corrected chi connectivity index (χ0v) is 12.9. The van der Waals surface area contributed by atoms with E-state index in [4.69, 9.17) is 4.74 Å². The van der Waals surface area contributed by atoms with Crippen molar-refractivity contribution in [3.8, 4) is 0 Å². The Morgan fingerprint density at radius 1 is 1.26 bits per heavy atom. The van der Waals surface area contributed by atoms with Crippen LogP contribution >= 0.6 is 0 Å². The van der Waals surface area contributed by atoms with Crippen molar-refractivity contribution in [1.29, 1.82) is 0 Å². The van der Waals surface area contributed by atoms with E-state index >= 15 is 0 Å². The van der Waals surface area contributed by atoms with Crippen molar-refractivity contribution in [2.24, 2.45) is 5.92 Å². The molecule has 0 amide bonds. The van der Waals surface area contributed by atoms with E-state index in [0.29, 0.717) is 6.04 Å². The Bertz CT molecular complexity index is 247. The van der Waals surface area contributed by atoms with Gasteiger partial charge in [0.15, 0.2) is 0 Å². The average molecular weight is 268 g/mol. The van der Waals surface area contributed by atoms with E-state index in [0.717, 1.165) is 44.7 Å². The Hall–Kier alpha value is -0.120. The quantitative estimate of drug-likeness (QED) is 0.685. The fourth-order valence-electron chi connectivity index (χ4n) is 3.91. The lowest BCUT2D eigenvalue weighted by molar-refractivity contribution is 0.0739. The molecule has 2 fully saturated rings. The van der Waals surface area contributed by atoms with Gasteiger partial charge in [0.25, 0.3) is 0 Å². The monoisotopic (exact) mass is 268 g/mol. The van der Waals surface area contributed by atoms with Gasteiger partial charge in [0.2, 0.25) is 0 Å². The van der Waals surface area contributed by atoms with E-state index in [-0.39, 0.29) is 0 Å². The van der Waals surface area contributed by atoms with E-state index in [1.165, 1.54) is 38.6 Å². The molecule has 19 heavy (non-hydrogen) atoms. The zero-order chi connectivity index (χ0) is 13.5. The molecule has 1 aliphatic carbocycles. The van der Waals surface area contributed by atoms with E-state index in [1.807, 2.05) is 0 Å². The molecular weight excluding hydrogens is 236 g/mol. The molecule has 112 valence electrons. The van der Waals surface area contributed by atoms with Crippen LogP contribution in [0.5, 0.6) is 0 Å². The first-order chi connectivity index (χ1) is 9.33. The van der Waals surface area contributed by atoms with E-state index in [2.05, 4.69) is 24.1 Å². The number of likely N-dealkylation sites (tertiary alicyclic amines) is 1. The summed E-state index contributed by atoms with van der Waals surface area (Å²) in [7, 11) is 0. The summed E-state index contributed by atoms with van der Waals surface area (Å²) < 4.78 is 5.36. The third kappa shape index (κ3) is 4.44. The number of nitrogens with one attached hydrogen (secondary N) is 1. The molecular formula is C16H32N2O. The molecule has 2 rings (SSSR count). The van der Waals surface area contributed by atoms with Gasteiger partial charge in [-0.15, -0.1) is 0 Å². The van der Waals surface area contributed by atoms with Crippen molar-refractivity contribution in [2.45, 2.75) is 64.5 Å². The second-order valence-corrected chi connectivity index (χ2v) is 6.24. The molecule has 3 unspecified atom stereocenters. The molecule has 3 atom stereocenters. The van der Waals surface area contributed by atoms with Crippen LogP contribution in [0.1, 0.15) is 52.4 Å². The van der Waals surface area contributed by atoms with E-state index in [1.54, 1.807) is 0 Å². The van der Waals surface area contributed by atoms with Gasteiger partial charge in [-0.05, 0) is 65.0 Å². The van der Waals surface area contributed by atoms with Gasteiger partial charge in [-0.1, -0.05) is 6.42 Å². The van der Waals surface area contributed by atoms with Crippen LogP contribution in [0, 0.1) is 5.92 Å². The second-order valence-electron chi connectivity index (χ2n) is 6.24. The highest BCUT2D eigenvalue weighted by Crippen LogP contribution is 2.37. The minimum atomic E-state index is 0.693. The first kappa shape index (κ1) is 15.3. The number of hydrogen-bond donors (Lipinski definition) is 1. The van der Waals surface area contributed by atoms with Gasteiger partial charge in [-0.2, -0.15) is 0 Å².